The lowest BCUT2D eigenvalue weighted by Gasteiger charge is -2.28. The number of carbonyl (C=O) groups is 2. The Bertz CT molecular complexity index is 865. The molecule has 0 bridgehead atoms. The summed E-state index contributed by atoms with van der Waals surface area (Å²) in [6.45, 7) is 2.05. The minimum Gasteiger partial charge on any atom is -0.452 e. The molecular formula is C19H21N3O6S. The highest BCUT2D eigenvalue weighted by molar-refractivity contribution is 7.09. The Hall–Kier alpha value is -2.98. The summed E-state index contributed by atoms with van der Waals surface area (Å²) in [5.74, 6) is -1.20. The van der Waals surface area contributed by atoms with Crippen LogP contribution in [0.4, 0.5) is 11.4 Å². The highest BCUT2D eigenvalue weighted by Crippen LogP contribution is 2.30. The summed E-state index contributed by atoms with van der Waals surface area (Å²) < 4.78 is 10.3. The average molecular weight is 419 g/mol. The molecule has 3 rings (SSSR count). The smallest absolute Gasteiger partial charge is 0.338 e. The van der Waals surface area contributed by atoms with Crippen molar-refractivity contribution in [1.29, 1.82) is 0 Å². The number of anilines is 1. The summed E-state index contributed by atoms with van der Waals surface area (Å²) in [6.07, 6.45) is 0.701. The number of carbonyl (C=O) groups excluding carboxylic acids is 2. The number of hydrogen-bond donors (Lipinski definition) is 1. The lowest BCUT2D eigenvalue weighted by atomic mass is 10.1. The molecule has 2 heterocycles. The molecule has 1 fully saturated rings. The molecule has 1 aromatic carbocycles. The molecule has 0 unspecified atom stereocenters. The number of rotatable bonds is 8. The number of amides is 1. The third-order valence-electron chi connectivity index (χ3n) is 4.37. The van der Waals surface area contributed by atoms with Crippen molar-refractivity contribution in [3.05, 3.63) is 56.3 Å². The van der Waals surface area contributed by atoms with E-state index in [0.29, 0.717) is 45.0 Å². The number of esters is 1. The number of nitrogens with one attached hydrogen (secondary N) is 1. The Morgan fingerprint density at radius 1 is 1.28 bits per heavy atom. The number of thiophene rings is 1. The van der Waals surface area contributed by atoms with Crippen molar-refractivity contribution in [1.82, 2.24) is 5.32 Å². The second-order valence-electron chi connectivity index (χ2n) is 6.32. The molecule has 1 aliphatic heterocycles. The van der Waals surface area contributed by atoms with E-state index in [4.69, 9.17) is 9.47 Å². The molecule has 10 heteroatoms. The van der Waals surface area contributed by atoms with Crippen LogP contribution >= 0.6 is 11.3 Å². The van der Waals surface area contributed by atoms with Crippen LogP contribution in [0.5, 0.6) is 0 Å². The van der Waals surface area contributed by atoms with Gasteiger partial charge in [-0.15, -0.1) is 11.3 Å². The predicted octanol–water partition coefficient (Wildman–Crippen LogP) is 2.01. The van der Waals surface area contributed by atoms with Gasteiger partial charge in [0.2, 0.25) is 0 Å². The van der Waals surface area contributed by atoms with E-state index in [1.165, 1.54) is 18.2 Å². The number of nitro groups is 1. The van der Waals surface area contributed by atoms with Crippen LogP contribution in [-0.4, -0.2) is 56.3 Å². The predicted molar refractivity (Wildman–Crippen MR) is 107 cm³/mol. The van der Waals surface area contributed by atoms with Crippen molar-refractivity contribution in [2.24, 2.45) is 0 Å². The first-order valence-electron chi connectivity index (χ1n) is 9.12. The first-order chi connectivity index (χ1) is 14.0. The van der Waals surface area contributed by atoms with Gasteiger partial charge in [-0.25, -0.2) is 4.79 Å². The van der Waals surface area contributed by atoms with Crippen LogP contribution in [0.3, 0.4) is 0 Å². The fourth-order valence-electron chi connectivity index (χ4n) is 2.91. The van der Waals surface area contributed by atoms with Crippen LogP contribution in [0.15, 0.2) is 35.7 Å². The molecule has 0 radical (unpaired) electrons. The average Bonchev–Trinajstić information content (AvgIpc) is 3.25. The van der Waals surface area contributed by atoms with Crippen LogP contribution in [0.2, 0.25) is 0 Å². The number of hydrogen-bond acceptors (Lipinski definition) is 8. The van der Waals surface area contributed by atoms with E-state index < -0.39 is 23.4 Å². The van der Waals surface area contributed by atoms with Gasteiger partial charge < -0.3 is 19.7 Å². The molecule has 0 aliphatic carbocycles. The summed E-state index contributed by atoms with van der Waals surface area (Å²) in [5, 5.41) is 16.1. The fraction of sp³-hybridized carbons (Fsp3) is 0.368. The third-order valence-corrected chi connectivity index (χ3v) is 5.30. The molecule has 0 spiro atoms. The van der Waals surface area contributed by atoms with Gasteiger partial charge in [0.15, 0.2) is 6.61 Å². The van der Waals surface area contributed by atoms with E-state index in [0.717, 1.165) is 4.88 Å². The number of benzene rings is 1. The quantitative estimate of drug-likeness (QED) is 0.396. The molecule has 1 aliphatic rings. The summed E-state index contributed by atoms with van der Waals surface area (Å²) in [7, 11) is 0. The van der Waals surface area contributed by atoms with Crippen LogP contribution < -0.4 is 10.2 Å². The van der Waals surface area contributed by atoms with Gasteiger partial charge in [-0.1, -0.05) is 6.07 Å². The van der Waals surface area contributed by atoms with E-state index in [2.05, 4.69) is 5.32 Å². The summed E-state index contributed by atoms with van der Waals surface area (Å²) in [6, 6.07) is 8.09. The maximum Gasteiger partial charge on any atom is 0.338 e. The lowest BCUT2D eigenvalue weighted by molar-refractivity contribution is -0.384. The molecule has 154 valence electrons. The van der Waals surface area contributed by atoms with E-state index in [1.54, 1.807) is 11.3 Å². The number of nitro benzene ring substituents is 1. The maximum atomic E-state index is 12.2. The van der Waals surface area contributed by atoms with Gasteiger partial charge in [0.05, 0.1) is 23.7 Å². The zero-order chi connectivity index (χ0) is 20.6. The Morgan fingerprint density at radius 2 is 2.07 bits per heavy atom. The molecule has 1 N–H and O–H groups in total. The van der Waals surface area contributed by atoms with Gasteiger partial charge in [0, 0.05) is 30.6 Å². The van der Waals surface area contributed by atoms with Gasteiger partial charge in [-0.3, -0.25) is 14.9 Å². The van der Waals surface area contributed by atoms with Gasteiger partial charge in [-0.05, 0) is 30.0 Å². The Labute approximate surface area is 171 Å². The first kappa shape index (κ1) is 20.7. The van der Waals surface area contributed by atoms with Crippen molar-refractivity contribution >= 4 is 34.6 Å². The molecule has 0 atom stereocenters. The molecule has 2 aromatic rings. The minimum absolute atomic E-state index is 0.0279. The number of morpholine rings is 1. The number of nitrogens with zero attached hydrogens (tertiary/aromatic N) is 2. The topological polar surface area (TPSA) is 111 Å². The van der Waals surface area contributed by atoms with E-state index in [1.807, 2.05) is 22.4 Å². The Morgan fingerprint density at radius 3 is 2.76 bits per heavy atom. The molecular weight excluding hydrogens is 398 g/mol. The van der Waals surface area contributed by atoms with Crippen molar-refractivity contribution in [2.45, 2.75) is 6.42 Å². The van der Waals surface area contributed by atoms with E-state index >= 15 is 0 Å². The minimum atomic E-state index is -0.782. The third kappa shape index (κ3) is 5.75. The Kier molecular flexibility index (Phi) is 7.14. The van der Waals surface area contributed by atoms with Crippen LogP contribution in [-0.2, 0) is 20.7 Å². The lowest BCUT2D eigenvalue weighted by Crippen LogP contribution is -2.36. The largest absolute Gasteiger partial charge is 0.452 e. The summed E-state index contributed by atoms with van der Waals surface area (Å²) in [4.78, 5) is 38.0. The second-order valence-corrected chi connectivity index (χ2v) is 7.35. The standard InChI is InChI=1S/C19H21N3O6S/c23-18(20-6-5-15-2-1-11-29-15)13-28-19(24)14-3-4-16(17(12-14)22(25)26)21-7-9-27-10-8-21/h1-4,11-12H,5-10,13H2,(H,20,23). The first-order valence-corrected chi connectivity index (χ1v) is 10.00. The van der Waals surface area contributed by atoms with Gasteiger partial charge >= 0.3 is 5.97 Å². The normalized spacial score (nSPS) is 13.7. The maximum absolute atomic E-state index is 12.2. The summed E-state index contributed by atoms with van der Waals surface area (Å²) in [5.41, 5.74) is 0.281. The second kappa shape index (κ2) is 9.99. The zero-order valence-electron chi connectivity index (χ0n) is 15.7. The SMILES string of the molecule is O=C(COC(=O)c1ccc(N2CCOCC2)c([N+](=O)[O-])c1)NCCc1cccs1. The molecule has 9 nitrogen and oxygen atoms in total. The van der Waals surface area contributed by atoms with E-state index in [-0.39, 0.29) is 11.3 Å². The van der Waals surface area contributed by atoms with Crippen molar-refractivity contribution in [3.63, 3.8) is 0 Å². The number of ether oxygens (including phenoxy) is 2. The van der Waals surface area contributed by atoms with Crippen LogP contribution in [0, 0.1) is 10.1 Å². The van der Waals surface area contributed by atoms with Crippen molar-refractivity contribution in [2.75, 3.05) is 44.4 Å². The summed E-state index contributed by atoms with van der Waals surface area (Å²) >= 11 is 1.60. The van der Waals surface area contributed by atoms with Gasteiger partial charge in [0.25, 0.3) is 11.6 Å². The fourth-order valence-corrected chi connectivity index (χ4v) is 3.62. The molecule has 1 saturated heterocycles. The van der Waals surface area contributed by atoms with Gasteiger partial charge in [0.1, 0.15) is 5.69 Å². The van der Waals surface area contributed by atoms with Crippen LogP contribution in [0.25, 0.3) is 0 Å². The monoisotopic (exact) mass is 419 g/mol. The molecule has 0 saturated carbocycles. The highest BCUT2D eigenvalue weighted by Gasteiger charge is 2.24. The Balaban J connectivity index is 1.55. The molecule has 1 aromatic heterocycles. The van der Waals surface area contributed by atoms with Gasteiger partial charge in [-0.2, -0.15) is 0 Å². The van der Waals surface area contributed by atoms with E-state index in [9.17, 15) is 19.7 Å². The molecule has 29 heavy (non-hydrogen) atoms. The van der Waals surface area contributed by atoms with Crippen molar-refractivity contribution < 1.29 is 24.0 Å². The highest BCUT2D eigenvalue weighted by atomic mass is 32.1. The zero-order valence-corrected chi connectivity index (χ0v) is 16.5. The van der Waals surface area contributed by atoms with Crippen LogP contribution in [0.1, 0.15) is 15.2 Å². The molecule has 1 amide bonds. The van der Waals surface area contributed by atoms with Crippen molar-refractivity contribution in [3.8, 4) is 0 Å².